The van der Waals surface area contributed by atoms with Crippen LogP contribution in [0.15, 0.2) is 0 Å². The van der Waals surface area contributed by atoms with Crippen LogP contribution in [0.4, 0.5) is 0 Å². The van der Waals surface area contributed by atoms with E-state index in [9.17, 15) is 14.7 Å². The van der Waals surface area contributed by atoms with Gasteiger partial charge in [0.2, 0.25) is 11.8 Å². The first-order valence-electron chi connectivity index (χ1n) is 31.0. The molecule has 1 N–H and O–H groups in total. The molecular weight excluding hydrogens is 823 g/mol. The highest BCUT2D eigenvalue weighted by atomic mass is 16.3. The van der Waals surface area contributed by atoms with Crippen molar-refractivity contribution in [2.45, 2.75) is 342 Å². The fraction of sp³-hybridized carbons (Fsp3) is 0.967. The van der Waals surface area contributed by atoms with Crippen LogP contribution >= 0.6 is 0 Å². The molecule has 2 atom stereocenters. The molecule has 0 heterocycles. The zero-order chi connectivity index (χ0) is 48.5. The molecule has 0 aliphatic heterocycles. The summed E-state index contributed by atoms with van der Waals surface area (Å²) in [6.07, 6.45) is 58.3. The van der Waals surface area contributed by atoms with Crippen LogP contribution in [0.3, 0.4) is 0 Å². The highest BCUT2D eigenvalue weighted by Gasteiger charge is 2.30. The van der Waals surface area contributed by atoms with Crippen molar-refractivity contribution in [1.29, 1.82) is 0 Å². The molecule has 0 saturated heterocycles. The minimum Gasteiger partial charge on any atom is -0.391 e. The second-order valence-corrected chi connectivity index (χ2v) is 21.8. The molecule has 0 spiro atoms. The molecule has 6 heteroatoms. The number of rotatable bonds is 53. The summed E-state index contributed by atoms with van der Waals surface area (Å²) < 4.78 is 0. The Hall–Kier alpha value is -1.14. The minimum atomic E-state index is -0.170. The van der Waals surface area contributed by atoms with Crippen molar-refractivity contribution in [2.75, 3.05) is 39.3 Å². The Morgan fingerprint density at radius 1 is 0.328 bits per heavy atom. The molecule has 67 heavy (non-hydrogen) atoms. The lowest BCUT2D eigenvalue weighted by atomic mass is 10.1. The average molecular weight is 945 g/mol. The predicted octanol–water partition coefficient (Wildman–Crippen LogP) is 18.1. The van der Waals surface area contributed by atoms with Crippen molar-refractivity contribution in [2.24, 2.45) is 0 Å². The van der Waals surface area contributed by atoms with E-state index in [-0.39, 0.29) is 6.10 Å². The highest BCUT2D eigenvalue weighted by molar-refractivity contribution is 5.76. The molecule has 1 fully saturated rings. The van der Waals surface area contributed by atoms with E-state index >= 15 is 0 Å². The van der Waals surface area contributed by atoms with E-state index < -0.39 is 0 Å². The minimum absolute atomic E-state index is 0.170. The smallest absolute Gasteiger partial charge is 0.222 e. The summed E-state index contributed by atoms with van der Waals surface area (Å²) in [4.78, 5) is 34.0. The van der Waals surface area contributed by atoms with E-state index in [0.29, 0.717) is 17.9 Å². The fourth-order valence-corrected chi connectivity index (χ4v) is 10.8. The Bertz CT molecular complexity index is 929. The molecule has 1 saturated carbocycles. The first-order chi connectivity index (χ1) is 33.0. The van der Waals surface area contributed by atoms with Crippen LogP contribution in [0.1, 0.15) is 329 Å². The van der Waals surface area contributed by atoms with Gasteiger partial charge < -0.3 is 14.9 Å². The molecule has 1 aliphatic rings. The maximum atomic E-state index is 13.5. The number of amides is 2. The van der Waals surface area contributed by atoms with Gasteiger partial charge in [-0.1, -0.05) is 246 Å². The normalized spacial score (nSPS) is 15.0. The molecule has 1 rings (SSSR count). The fourth-order valence-electron chi connectivity index (χ4n) is 10.8. The van der Waals surface area contributed by atoms with Gasteiger partial charge in [-0.3, -0.25) is 14.5 Å². The van der Waals surface area contributed by atoms with Gasteiger partial charge in [0.1, 0.15) is 0 Å². The molecule has 2 amide bonds. The van der Waals surface area contributed by atoms with Crippen molar-refractivity contribution >= 4 is 11.8 Å². The van der Waals surface area contributed by atoms with Crippen LogP contribution in [0.25, 0.3) is 0 Å². The van der Waals surface area contributed by atoms with E-state index in [4.69, 9.17) is 0 Å². The number of carbonyl (C=O) groups is 2. The monoisotopic (exact) mass is 944 g/mol. The maximum Gasteiger partial charge on any atom is 0.222 e. The van der Waals surface area contributed by atoms with Gasteiger partial charge in [0.15, 0.2) is 0 Å². The zero-order valence-electron chi connectivity index (χ0n) is 46.2. The van der Waals surface area contributed by atoms with Gasteiger partial charge in [-0.15, -0.1) is 0 Å². The summed E-state index contributed by atoms with van der Waals surface area (Å²) in [6.45, 7) is 15.2. The molecule has 0 aromatic heterocycles. The third-order valence-corrected chi connectivity index (χ3v) is 15.4. The van der Waals surface area contributed by atoms with Crippen LogP contribution in [0.5, 0.6) is 0 Å². The van der Waals surface area contributed by atoms with E-state index in [1.807, 2.05) is 0 Å². The molecule has 0 aromatic carbocycles. The number of aliphatic hydroxyl groups excluding tert-OH is 1. The van der Waals surface area contributed by atoms with Crippen LogP contribution in [-0.4, -0.2) is 83.0 Å². The topological polar surface area (TPSA) is 64.1 Å². The van der Waals surface area contributed by atoms with E-state index in [1.54, 1.807) is 0 Å². The summed E-state index contributed by atoms with van der Waals surface area (Å²) in [5.74, 6) is 0.813. The van der Waals surface area contributed by atoms with Crippen LogP contribution < -0.4 is 0 Å². The molecule has 1 aliphatic carbocycles. The van der Waals surface area contributed by atoms with Gasteiger partial charge in [-0.05, 0) is 83.7 Å². The summed E-state index contributed by atoms with van der Waals surface area (Å²) in [7, 11) is 0. The SMILES string of the molecule is CCCCCCCCCCN(CCCCCCCCCC)C(=O)CCCCCCCN(CCCCCCCC(=O)N(CCCCCCCCCC)CCCCCCCCCC)[C@H]1CCC[C@H]1O. The number of nitrogens with zero attached hydrogens (tertiary/aromatic N) is 3. The summed E-state index contributed by atoms with van der Waals surface area (Å²) >= 11 is 0. The lowest BCUT2D eigenvalue weighted by Gasteiger charge is -2.31. The number of hydrogen-bond acceptors (Lipinski definition) is 4. The lowest BCUT2D eigenvalue weighted by molar-refractivity contribution is -0.132. The molecule has 0 radical (unpaired) electrons. The summed E-state index contributed by atoms with van der Waals surface area (Å²) in [5, 5.41) is 10.9. The Morgan fingerprint density at radius 3 is 0.821 bits per heavy atom. The van der Waals surface area contributed by atoms with E-state index in [1.165, 1.54) is 244 Å². The Kier molecular flexibility index (Phi) is 47.5. The Labute approximate surface area is 420 Å². The molecule has 6 nitrogen and oxygen atoms in total. The first kappa shape index (κ1) is 63.9. The van der Waals surface area contributed by atoms with Gasteiger partial charge in [-0.2, -0.15) is 0 Å². The molecule has 0 unspecified atom stereocenters. The zero-order valence-corrected chi connectivity index (χ0v) is 46.2. The number of carbonyl (C=O) groups excluding carboxylic acids is 2. The number of aliphatic hydroxyl groups is 1. The van der Waals surface area contributed by atoms with Crippen molar-refractivity contribution in [3.05, 3.63) is 0 Å². The molecular formula is C61H121N3O3. The highest BCUT2D eigenvalue weighted by Crippen LogP contribution is 2.26. The first-order valence-corrected chi connectivity index (χ1v) is 31.0. The van der Waals surface area contributed by atoms with Crippen LogP contribution in [-0.2, 0) is 9.59 Å². The standard InChI is InChI=1S/C61H121N3O3/c1-5-9-13-17-21-25-33-43-54-63(55-44-34-26-22-18-14-10-6-2)60(66)50-39-31-29-37-41-52-62(58-48-47-49-59(58)65)53-42-38-30-32-40-51-61(67)64(56-45-35-27-23-19-15-11-7-3)57-46-36-28-24-20-16-12-8-4/h58-59,65H,5-57H2,1-4H3/t58-,59+/m0/s1. The van der Waals surface area contributed by atoms with Crippen molar-refractivity contribution in [3.8, 4) is 0 Å². The quantitative estimate of drug-likeness (QED) is 0.0617. The lowest BCUT2D eigenvalue weighted by Crippen LogP contribution is -2.41. The summed E-state index contributed by atoms with van der Waals surface area (Å²) in [5.41, 5.74) is 0. The second-order valence-electron chi connectivity index (χ2n) is 21.8. The van der Waals surface area contributed by atoms with Crippen LogP contribution in [0.2, 0.25) is 0 Å². The third kappa shape index (κ3) is 39.2. The van der Waals surface area contributed by atoms with Gasteiger partial charge >= 0.3 is 0 Å². The van der Waals surface area contributed by atoms with Gasteiger partial charge in [-0.25, -0.2) is 0 Å². The Balaban J connectivity index is 2.41. The van der Waals surface area contributed by atoms with Crippen molar-refractivity contribution in [1.82, 2.24) is 14.7 Å². The molecule has 0 bridgehead atoms. The predicted molar refractivity (Wildman–Crippen MR) is 294 cm³/mol. The van der Waals surface area contributed by atoms with Gasteiger partial charge in [0, 0.05) is 45.1 Å². The van der Waals surface area contributed by atoms with Gasteiger partial charge in [0.25, 0.3) is 0 Å². The molecule has 398 valence electrons. The van der Waals surface area contributed by atoms with Crippen LogP contribution in [0, 0.1) is 0 Å². The second kappa shape index (κ2) is 49.8. The summed E-state index contributed by atoms with van der Waals surface area (Å²) in [6, 6.07) is 0.330. The number of hydrogen-bond donors (Lipinski definition) is 1. The molecule has 0 aromatic rings. The number of unbranched alkanes of at least 4 members (excludes halogenated alkanes) is 36. The van der Waals surface area contributed by atoms with E-state index in [2.05, 4.69) is 42.4 Å². The third-order valence-electron chi connectivity index (χ3n) is 15.4. The Morgan fingerprint density at radius 2 is 0.567 bits per heavy atom. The maximum absolute atomic E-state index is 13.5. The van der Waals surface area contributed by atoms with Crippen molar-refractivity contribution < 1.29 is 14.7 Å². The van der Waals surface area contributed by atoms with E-state index in [0.717, 1.165) is 97.1 Å². The largest absolute Gasteiger partial charge is 0.391 e. The van der Waals surface area contributed by atoms with Crippen molar-refractivity contribution in [3.63, 3.8) is 0 Å². The van der Waals surface area contributed by atoms with Gasteiger partial charge in [0.05, 0.1) is 6.10 Å². The average Bonchev–Trinajstić information content (AvgIpc) is 3.77.